The smallest absolute Gasteiger partial charge is 0.00610 e. The zero-order valence-corrected chi connectivity index (χ0v) is 34.3. The standard InChI is InChI=1S/C20H26.C19H24.C12H18/c1-14(2)17-6-10-19(11-7-17)16(5)20-12-8-18(9-13-20)15(3)4;1-14(2)18-9-5-16(6-10-18)13-17-7-11-19(12-8-17)15(3)4;1-9(2)11-5-7-12(8-6-11)10(3)4/h6-16H,1-5H3;5-12,14-15H,13H2,1-4H3;5-10H,1-4H3. The summed E-state index contributed by atoms with van der Waals surface area (Å²) in [7, 11) is 0. The second kappa shape index (κ2) is 20.2. The van der Waals surface area contributed by atoms with Crippen molar-refractivity contribution < 1.29 is 0 Å². The molecule has 0 heterocycles. The van der Waals surface area contributed by atoms with E-state index in [0.717, 1.165) is 6.42 Å². The SMILES string of the molecule is CC(C)c1ccc(C(C)C)cc1.CC(C)c1ccc(C(C)c2ccc(C(C)C)cc2)cc1.CC(C)c1ccc(Cc2ccc(C(C)C)cc2)cc1. The van der Waals surface area contributed by atoms with Crippen molar-refractivity contribution in [3.05, 3.63) is 177 Å². The third kappa shape index (κ3) is 13.3. The summed E-state index contributed by atoms with van der Waals surface area (Å²) < 4.78 is 0. The van der Waals surface area contributed by atoms with Crippen LogP contribution in [0.5, 0.6) is 0 Å². The van der Waals surface area contributed by atoms with Crippen LogP contribution in [0.15, 0.2) is 121 Å². The highest BCUT2D eigenvalue weighted by Crippen LogP contribution is 2.27. The van der Waals surface area contributed by atoms with Crippen LogP contribution in [0, 0.1) is 0 Å². The van der Waals surface area contributed by atoms with Crippen LogP contribution in [-0.2, 0) is 6.42 Å². The monoisotopic (exact) mass is 681 g/mol. The van der Waals surface area contributed by atoms with Crippen LogP contribution in [-0.4, -0.2) is 0 Å². The largest absolute Gasteiger partial charge is 0.0587 e. The summed E-state index contributed by atoms with van der Waals surface area (Å²) >= 11 is 0. The molecular formula is C51H68. The highest BCUT2D eigenvalue weighted by atomic mass is 14.1. The maximum Gasteiger partial charge on any atom is 0.00610 e. The van der Waals surface area contributed by atoms with E-state index in [1.807, 2.05) is 0 Å². The molecule has 0 unspecified atom stereocenters. The summed E-state index contributed by atoms with van der Waals surface area (Å²) in [6, 6.07) is 45.1. The van der Waals surface area contributed by atoms with E-state index in [4.69, 9.17) is 0 Å². The molecule has 0 radical (unpaired) electrons. The van der Waals surface area contributed by atoms with Crippen molar-refractivity contribution in [3.8, 4) is 0 Å². The molecule has 0 atom stereocenters. The lowest BCUT2D eigenvalue weighted by atomic mass is 9.90. The first-order chi connectivity index (χ1) is 24.2. The molecule has 5 rings (SSSR count). The Labute approximate surface area is 313 Å². The molecule has 0 amide bonds. The second-order valence-corrected chi connectivity index (χ2v) is 16.3. The predicted molar refractivity (Wildman–Crippen MR) is 227 cm³/mol. The Hall–Kier alpha value is -3.90. The molecule has 0 aliphatic heterocycles. The van der Waals surface area contributed by atoms with Crippen molar-refractivity contribution in [2.24, 2.45) is 0 Å². The fourth-order valence-corrected chi connectivity index (χ4v) is 6.07. The van der Waals surface area contributed by atoms with E-state index in [0.29, 0.717) is 41.4 Å². The average molecular weight is 681 g/mol. The van der Waals surface area contributed by atoms with Gasteiger partial charge in [-0.2, -0.15) is 0 Å². The lowest BCUT2D eigenvalue weighted by molar-refractivity contribution is 0.845. The maximum atomic E-state index is 2.29. The topological polar surface area (TPSA) is 0 Å². The Kier molecular flexibility index (Phi) is 16.5. The Balaban J connectivity index is 0.000000213. The van der Waals surface area contributed by atoms with E-state index in [1.165, 1.54) is 55.6 Å². The molecule has 0 fully saturated rings. The Morgan fingerprint density at radius 1 is 0.235 bits per heavy atom. The molecule has 0 nitrogen and oxygen atoms in total. The predicted octanol–water partition coefficient (Wildman–Crippen LogP) is 15.5. The van der Waals surface area contributed by atoms with Crippen molar-refractivity contribution in [1.29, 1.82) is 0 Å². The molecule has 0 saturated heterocycles. The van der Waals surface area contributed by atoms with Crippen LogP contribution < -0.4 is 0 Å². The van der Waals surface area contributed by atoms with Gasteiger partial charge in [0.25, 0.3) is 0 Å². The summed E-state index contributed by atoms with van der Waals surface area (Å²) in [5.41, 5.74) is 14.1. The zero-order chi connectivity index (χ0) is 37.7. The first kappa shape index (κ1) is 41.5. The molecular weight excluding hydrogens is 613 g/mol. The maximum absolute atomic E-state index is 2.29. The van der Waals surface area contributed by atoms with Gasteiger partial charge in [-0.3, -0.25) is 0 Å². The molecule has 0 spiro atoms. The fraction of sp³-hybridized carbons (Fsp3) is 0.412. The number of rotatable bonds is 10. The molecule has 0 bridgehead atoms. The lowest BCUT2D eigenvalue weighted by Crippen LogP contribution is -1.98. The molecule has 0 aromatic heterocycles. The van der Waals surface area contributed by atoms with Gasteiger partial charge >= 0.3 is 0 Å². The van der Waals surface area contributed by atoms with E-state index in [2.05, 4.69) is 211 Å². The molecule has 0 aliphatic rings. The van der Waals surface area contributed by atoms with E-state index in [1.54, 1.807) is 0 Å². The van der Waals surface area contributed by atoms with Crippen molar-refractivity contribution in [2.45, 2.75) is 138 Å². The number of benzene rings is 5. The van der Waals surface area contributed by atoms with Crippen molar-refractivity contribution >= 4 is 0 Å². The van der Waals surface area contributed by atoms with Gasteiger partial charge in [0.15, 0.2) is 0 Å². The van der Waals surface area contributed by atoms with Crippen LogP contribution in [0.4, 0.5) is 0 Å². The third-order valence-corrected chi connectivity index (χ3v) is 10.2. The molecule has 0 heteroatoms. The van der Waals surface area contributed by atoms with E-state index in [-0.39, 0.29) is 0 Å². The molecule has 272 valence electrons. The van der Waals surface area contributed by atoms with Gasteiger partial charge in [0, 0.05) is 5.92 Å². The quantitative estimate of drug-likeness (QED) is 0.138. The van der Waals surface area contributed by atoms with E-state index >= 15 is 0 Å². The highest BCUT2D eigenvalue weighted by molar-refractivity contribution is 5.36. The summed E-state index contributed by atoms with van der Waals surface area (Å²) in [4.78, 5) is 0. The molecule has 51 heavy (non-hydrogen) atoms. The minimum atomic E-state index is 0.456. The molecule has 0 aliphatic carbocycles. The van der Waals surface area contributed by atoms with Crippen LogP contribution in [0.2, 0.25) is 0 Å². The third-order valence-electron chi connectivity index (χ3n) is 10.2. The minimum absolute atomic E-state index is 0.456. The summed E-state index contributed by atoms with van der Waals surface area (Å²) in [5, 5.41) is 0. The zero-order valence-electron chi connectivity index (χ0n) is 34.3. The van der Waals surface area contributed by atoms with Crippen molar-refractivity contribution in [1.82, 2.24) is 0 Å². The second-order valence-electron chi connectivity index (χ2n) is 16.3. The first-order valence-electron chi connectivity index (χ1n) is 19.6. The summed E-state index contributed by atoms with van der Waals surface area (Å²) in [5.74, 6) is 4.17. The van der Waals surface area contributed by atoms with Crippen molar-refractivity contribution in [3.63, 3.8) is 0 Å². The van der Waals surface area contributed by atoms with Crippen LogP contribution >= 0.6 is 0 Å². The highest BCUT2D eigenvalue weighted by Gasteiger charge is 2.10. The van der Waals surface area contributed by atoms with Gasteiger partial charge in [-0.1, -0.05) is 211 Å². The minimum Gasteiger partial charge on any atom is -0.0587 e. The normalized spacial score (nSPS) is 11.4. The summed E-state index contributed by atoms with van der Waals surface area (Å²) in [6.07, 6.45) is 1.02. The summed E-state index contributed by atoms with van der Waals surface area (Å²) in [6.45, 7) is 29.1. The van der Waals surface area contributed by atoms with Crippen LogP contribution in [0.3, 0.4) is 0 Å². The van der Waals surface area contributed by atoms with Gasteiger partial charge in [0.2, 0.25) is 0 Å². The van der Waals surface area contributed by atoms with Crippen LogP contribution in [0.25, 0.3) is 0 Å². The van der Waals surface area contributed by atoms with E-state index < -0.39 is 0 Å². The number of hydrogen-bond acceptors (Lipinski definition) is 0. The van der Waals surface area contributed by atoms with Gasteiger partial charge in [0.1, 0.15) is 0 Å². The molecule has 5 aromatic rings. The Morgan fingerprint density at radius 3 is 0.569 bits per heavy atom. The number of hydrogen-bond donors (Lipinski definition) is 0. The molecule has 0 N–H and O–H groups in total. The van der Waals surface area contributed by atoms with Gasteiger partial charge in [0.05, 0.1) is 0 Å². The average Bonchev–Trinajstić information content (AvgIpc) is 3.12. The van der Waals surface area contributed by atoms with Gasteiger partial charge in [-0.25, -0.2) is 0 Å². The van der Waals surface area contributed by atoms with Crippen molar-refractivity contribution in [2.75, 3.05) is 0 Å². The fourth-order valence-electron chi connectivity index (χ4n) is 6.07. The van der Waals surface area contributed by atoms with Gasteiger partial charge in [-0.05, 0) is 97.6 Å². The molecule has 5 aromatic carbocycles. The van der Waals surface area contributed by atoms with Crippen LogP contribution in [0.1, 0.15) is 187 Å². The molecule has 0 saturated carbocycles. The Bertz CT molecular complexity index is 1530. The first-order valence-corrected chi connectivity index (χ1v) is 19.6. The van der Waals surface area contributed by atoms with Gasteiger partial charge < -0.3 is 0 Å². The lowest BCUT2D eigenvalue weighted by Gasteiger charge is -2.15. The Morgan fingerprint density at radius 2 is 0.392 bits per heavy atom. The van der Waals surface area contributed by atoms with Gasteiger partial charge in [-0.15, -0.1) is 0 Å². The van der Waals surface area contributed by atoms with E-state index in [9.17, 15) is 0 Å².